The summed E-state index contributed by atoms with van der Waals surface area (Å²) in [6.45, 7) is 2.02. The molecule has 0 saturated carbocycles. The fourth-order valence-electron chi connectivity index (χ4n) is 3.38. The van der Waals surface area contributed by atoms with E-state index in [0.717, 1.165) is 17.7 Å². The minimum absolute atomic E-state index is 0.0284. The molecule has 0 spiro atoms. The van der Waals surface area contributed by atoms with Gasteiger partial charge < -0.3 is 25.2 Å². The Hall–Kier alpha value is -2.09. The minimum atomic E-state index is -0.445. The standard InChI is InChI=1S/C20H26N2O4S/c1-25-16-5-4-15(13-17(16)26-11-8-21)20(24)22-9-6-14(7-10-22)19(23)18-3-2-12-27-18/h2-5,12-14,19,23H,6-11,21H2,1H3/t19-/m0/s1. The smallest absolute Gasteiger partial charge is 0.253 e. The minimum Gasteiger partial charge on any atom is -0.493 e. The SMILES string of the molecule is COc1ccc(C(=O)N2CCC([C@H](O)c3cccs3)CC2)cc1OCCN. The molecular formula is C20H26N2O4S. The van der Waals surface area contributed by atoms with Crippen molar-refractivity contribution >= 4 is 17.2 Å². The van der Waals surface area contributed by atoms with Gasteiger partial charge in [0.25, 0.3) is 5.91 Å². The summed E-state index contributed by atoms with van der Waals surface area (Å²) < 4.78 is 10.9. The molecule has 1 atom stereocenters. The van der Waals surface area contributed by atoms with Crippen molar-refractivity contribution in [1.29, 1.82) is 0 Å². The highest BCUT2D eigenvalue weighted by Gasteiger charge is 2.29. The van der Waals surface area contributed by atoms with Crippen molar-refractivity contribution in [3.63, 3.8) is 0 Å². The number of thiophene rings is 1. The van der Waals surface area contributed by atoms with E-state index in [-0.39, 0.29) is 11.8 Å². The van der Waals surface area contributed by atoms with E-state index in [1.165, 1.54) is 0 Å². The average Bonchev–Trinajstić information content (AvgIpc) is 3.26. The number of rotatable bonds is 7. The van der Waals surface area contributed by atoms with Crippen LogP contribution >= 0.6 is 11.3 Å². The van der Waals surface area contributed by atoms with E-state index < -0.39 is 6.10 Å². The molecule has 146 valence electrons. The van der Waals surface area contributed by atoms with Crippen LogP contribution in [0.5, 0.6) is 11.5 Å². The molecule has 1 aromatic heterocycles. The van der Waals surface area contributed by atoms with E-state index in [2.05, 4.69) is 0 Å². The largest absolute Gasteiger partial charge is 0.493 e. The average molecular weight is 391 g/mol. The lowest BCUT2D eigenvalue weighted by molar-refractivity contribution is 0.0474. The van der Waals surface area contributed by atoms with Crippen LogP contribution in [0, 0.1) is 5.92 Å². The zero-order valence-electron chi connectivity index (χ0n) is 15.5. The quantitative estimate of drug-likeness (QED) is 0.759. The van der Waals surface area contributed by atoms with Crippen molar-refractivity contribution in [2.45, 2.75) is 18.9 Å². The molecule has 1 saturated heterocycles. The third-order valence-electron chi connectivity index (χ3n) is 4.89. The van der Waals surface area contributed by atoms with Gasteiger partial charge in [-0.1, -0.05) is 6.07 Å². The number of amides is 1. The Balaban J connectivity index is 1.63. The summed E-state index contributed by atoms with van der Waals surface area (Å²) in [4.78, 5) is 15.7. The summed E-state index contributed by atoms with van der Waals surface area (Å²) in [7, 11) is 1.57. The highest BCUT2D eigenvalue weighted by molar-refractivity contribution is 7.10. The number of ether oxygens (including phenoxy) is 2. The number of piperidine rings is 1. The van der Waals surface area contributed by atoms with Gasteiger partial charge in [-0.05, 0) is 48.4 Å². The second kappa shape index (κ2) is 9.21. The number of methoxy groups -OCH3 is 1. The normalized spacial score (nSPS) is 16.2. The van der Waals surface area contributed by atoms with E-state index >= 15 is 0 Å². The molecule has 2 heterocycles. The van der Waals surface area contributed by atoms with Gasteiger partial charge in [0, 0.05) is 30.1 Å². The Morgan fingerprint density at radius 2 is 2.11 bits per heavy atom. The van der Waals surface area contributed by atoms with Crippen LogP contribution in [-0.2, 0) is 0 Å². The van der Waals surface area contributed by atoms with E-state index in [1.54, 1.807) is 36.6 Å². The number of hydrogen-bond acceptors (Lipinski definition) is 6. The number of aliphatic hydroxyl groups excluding tert-OH is 1. The van der Waals surface area contributed by atoms with Crippen LogP contribution in [0.15, 0.2) is 35.7 Å². The van der Waals surface area contributed by atoms with Gasteiger partial charge >= 0.3 is 0 Å². The summed E-state index contributed by atoms with van der Waals surface area (Å²) in [5.41, 5.74) is 6.06. The fourth-order valence-corrected chi connectivity index (χ4v) is 4.19. The summed E-state index contributed by atoms with van der Waals surface area (Å²) in [5, 5.41) is 12.5. The number of carbonyl (C=O) groups excluding carboxylic acids is 1. The molecule has 1 fully saturated rings. The van der Waals surface area contributed by atoms with Crippen LogP contribution in [0.25, 0.3) is 0 Å². The molecule has 0 bridgehead atoms. The maximum absolute atomic E-state index is 12.9. The molecule has 0 unspecified atom stereocenters. The molecule has 3 rings (SSSR count). The van der Waals surface area contributed by atoms with Crippen molar-refractivity contribution < 1.29 is 19.4 Å². The maximum atomic E-state index is 12.9. The van der Waals surface area contributed by atoms with Gasteiger partial charge in [-0.15, -0.1) is 11.3 Å². The van der Waals surface area contributed by atoms with E-state index in [0.29, 0.717) is 43.3 Å². The first-order valence-electron chi connectivity index (χ1n) is 9.15. The first-order valence-corrected chi connectivity index (χ1v) is 10.0. The lowest BCUT2D eigenvalue weighted by Crippen LogP contribution is -2.39. The van der Waals surface area contributed by atoms with Crippen LogP contribution in [-0.4, -0.2) is 49.3 Å². The summed E-state index contributed by atoms with van der Waals surface area (Å²) >= 11 is 1.57. The number of likely N-dealkylation sites (tertiary alicyclic amines) is 1. The molecule has 27 heavy (non-hydrogen) atoms. The highest BCUT2D eigenvalue weighted by Crippen LogP contribution is 2.34. The van der Waals surface area contributed by atoms with Crippen molar-refractivity contribution in [3.05, 3.63) is 46.2 Å². The number of carbonyl (C=O) groups is 1. The molecule has 6 nitrogen and oxygen atoms in total. The molecule has 1 aliphatic rings. The number of nitrogens with zero attached hydrogens (tertiary/aromatic N) is 1. The molecule has 0 aliphatic carbocycles. The summed E-state index contributed by atoms with van der Waals surface area (Å²) in [6.07, 6.45) is 1.13. The maximum Gasteiger partial charge on any atom is 0.253 e. The Kier molecular flexibility index (Phi) is 6.71. The molecule has 1 amide bonds. The highest BCUT2D eigenvalue weighted by atomic mass is 32.1. The molecule has 3 N–H and O–H groups in total. The van der Waals surface area contributed by atoms with E-state index in [1.807, 2.05) is 22.4 Å². The topological polar surface area (TPSA) is 85.0 Å². The molecule has 0 radical (unpaired) electrons. The first-order chi connectivity index (χ1) is 13.1. The fraction of sp³-hybridized carbons (Fsp3) is 0.450. The van der Waals surface area contributed by atoms with E-state index in [9.17, 15) is 9.90 Å². The van der Waals surface area contributed by atoms with Gasteiger partial charge in [-0.2, -0.15) is 0 Å². The van der Waals surface area contributed by atoms with Gasteiger partial charge in [-0.25, -0.2) is 0 Å². The third-order valence-corrected chi connectivity index (χ3v) is 5.84. The molecule has 7 heteroatoms. The number of nitrogens with two attached hydrogens (primary N) is 1. The van der Waals surface area contributed by atoms with Gasteiger partial charge in [0.05, 0.1) is 13.2 Å². The van der Waals surface area contributed by atoms with Gasteiger partial charge in [0.2, 0.25) is 0 Å². The number of aliphatic hydroxyl groups is 1. The van der Waals surface area contributed by atoms with Crippen LogP contribution in [0.2, 0.25) is 0 Å². The van der Waals surface area contributed by atoms with Gasteiger partial charge in [0.1, 0.15) is 6.61 Å². The number of benzene rings is 1. The molecule has 1 aromatic carbocycles. The lowest BCUT2D eigenvalue weighted by Gasteiger charge is -2.34. The Labute approximate surface area is 163 Å². The second-order valence-corrected chi connectivity index (χ2v) is 7.57. The molecular weight excluding hydrogens is 364 g/mol. The lowest BCUT2D eigenvalue weighted by atomic mass is 9.90. The van der Waals surface area contributed by atoms with Crippen molar-refractivity contribution in [2.75, 3.05) is 33.4 Å². The first kappa shape index (κ1) is 19.7. The Morgan fingerprint density at radius 1 is 1.33 bits per heavy atom. The predicted molar refractivity (Wildman–Crippen MR) is 105 cm³/mol. The Morgan fingerprint density at radius 3 is 2.74 bits per heavy atom. The third kappa shape index (κ3) is 4.61. The molecule has 2 aromatic rings. The van der Waals surface area contributed by atoms with Crippen molar-refractivity contribution in [3.8, 4) is 11.5 Å². The summed E-state index contributed by atoms with van der Waals surface area (Å²) in [6, 6.07) is 9.13. The zero-order chi connectivity index (χ0) is 19.2. The monoisotopic (exact) mass is 390 g/mol. The van der Waals surface area contributed by atoms with E-state index in [4.69, 9.17) is 15.2 Å². The Bertz CT molecular complexity index is 742. The van der Waals surface area contributed by atoms with Crippen LogP contribution < -0.4 is 15.2 Å². The zero-order valence-corrected chi connectivity index (χ0v) is 16.3. The van der Waals surface area contributed by atoms with Crippen molar-refractivity contribution in [1.82, 2.24) is 4.90 Å². The predicted octanol–water partition coefficient (Wildman–Crippen LogP) is 2.68. The number of hydrogen-bond donors (Lipinski definition) is 2. The van der Waals surface area contributed by atoms with Crippen LogP contribution in [0.3, 0.4) is 0 Å². The van der Waals surface area contributed by atoms with Gasteiger partial charge in [0.15, 0.2) is 11.5 Å². The van der Waals surface area contributed by atoms with Crippen molar-refractivity contribution in [2.24, 2.45) is 11.7 Å². The second-order valence-electron chi connectivity index (χ2n) is 6.59. The molecule has 1 aliphatic heterocycles. The summed E-state index contributed by atoms with van der Waals surface area (Å²) in [5.74, 6) is 1.26. The van der Waals surface area contributed by atoms with Crippen LogP contribution in [0.4, 0.5) is 0 Å². The van der Waals surface area contributed by atoms with Gasteiger partial charge in [-0.3, -0.25) is 4.79 Å². The van der Waals surface area contributed by atoms with Crippen LogP contribution in [0.1, 0.15) is 34.2 Å².